The van der Waals surface area contributed by atoms with Gasteiger partial charge in [0.2, 0.25) is 0 Å². The minimum atomic E-state index is -0.667. The SMILES string of the molecule is CCOC[C@H](O)CN(Cc1ccccc1F)C[C@@H]1CC(c2ccc(Cl)cc2)=NO1. The molecule has 2 atom stereocenters. The highest BCUT2D eigenvalue weighted by Crippen LogP contribution is 2.20. The van der Waals surface area contributed by atoms with Crippen LogP contribution in [0.15, 0.2) is 53.7 Å². The second-order valence-electron chi connectivity index (χ2n) is 7.08. The molecule has 0 saturated heterocycles. The first-order valence-electron chi connectivity index (χ1n) is 9.75. The lowest BCUT2D eigenvalue weighted by Gasteiger charge is -2.27. The summed E-state index contributed by atoms with van der Waals surface area (Å²) in [5, 5.41) is 15.2. The minimum absolute atomic E-state index is 0.174. The Morgan fingerprint density at radius 3 is 2.76 bits per heavy atom. The molecule has 3 rings (SSSR count). The van der Waals surface area contributed by atoms with E-state index in [0.717, 1.165) is 11.3 Å². The molecule has 2 aromatic rings. The van der Waals surface area contributed by atoms with Crippen LogP contribution in [0.3, 0.4) is 0 Å². The molecular formula is C22H26ClFN2O3. The van der Waals surface area contributed by atoms with Gasteiger partial charge in [0.05, 0.1) is 18.4 Å². The Balaban J connectivity index is 1.63. The summed E-state index contributed by atoms with van der Waals surface area (Å²) in [6.45, 7) is 3.89. The van der Waals surface area contributed by atoms with Gasteiger partial charge in [0.25, 0.3) is 0 Å². The predicted octanol–water partition coefficient (Wildman–Crippen LogP) is 3.87. The van der Waals surface area contributed by atoms with Crippen LogP contribution in [0.2, 0.25) is 5.02 Å². The molecule has 0 aliphatic carbocycles. The van der Waals surface area contributed by atoms with Gasteiger partial charge in [-0.15, -0.1) is 0 Å². The van der Waals surface area contributed by atoms with Crippen LogP contribution in [0.25, 0.3) is 0 Å². The van der Waals surface area contributed by atoms with Crippen LogP contribution in [0.4, 0.5) is 4.39 Å². The number of rotatable bonds is 10. The Morgan fingerprint density at radius 1 is 1.28 bits per heavy atom. The number of nitrogens with zero attached hydrogens (tertiary/aromatic N) is 2. The van der Waals surface area contributed by atoms with Crippen molar-refractivity contribution in [3.8, 4) is 0 Å². The molecule has 1 aliphatic rings. The van der Waals surface area contributed by atoms with E-state index < -0.39 is 6.10 Å². The van der Waals surface area contributed by atoms with Gasteiger partial charge in [-0.2, -0.15) is 0 Å². The van der Waals surface area contributed by atoms with E-state index in [0.29, 0.717) is 43.2 Å². The lowest BCUT2D eigenvalue weighted by atomic mass is 10.0. The first-order chi connectivity index (χ1) is 14.0. The average Bonchev–Trinajstić information content (AvgIpc) is 3.17. The van der Waals surface area contributed by atoms with Crippen molar-refractivity contribution >= 4 is 17.3 Å². The van der Waals surface area contributed by atoms with Crippen LogP contribution >= 0.6 is 11.6 Å². The number of benzene rings is 2. The van der Waals surface area contributed by atoms with Gasteiger partial charge in [0, 0.05) is 43.2 Å². The highest BCUT2D eigenvalue weighted by atomic mass is 35.5. The third-order valence-electron chi connectivity index (χ3n) is 4.71. The van der Waals surface area contributed by atoms with Crippen molar-refractivity contribution in [3.63, 3.8) is 0 Å². The lowest BCUT2D eigenvalue weighted by molar-refractivity contribution is 0.000247. The van der Waals surface area contributed by atoms with Crippen molar-refractivity contribution in [2.24, 2.45) is 5.16 Å². The minimum Gasteiger partial charge on any atom is -0.390 e. The van der Waals surface area contributed by atoms with Gasteiger partial charge >= 0.3 is 0 Å². The van der Waals surface area contributed by atoms with Gasteiger partial charge in [0.15, 0.2) is 0 Å². The maximum atomic E-state index is 14.1. The monoisotopic (exact) mass is 420 g/mol. The number of aliphatic hydroxyl groups is 1. The fraction of sp³-hybridized carbons (Fsp3) is 0.409. The second kappa shape index (κ2) is 10.7. The fourth-order valence-electron chi connectivity index (χ4n) is 3.30. The summed E-state index contributed by atoms with van der Waals surface area (Å²) in [6.07, 6.45) is -0.205. The molecule has 0 spiro atoms. The van der Waals surface area contributed by atoms with E-state index >= 15 is 0 Å². The summed E-state index contributed by atoms with van der Waals surface area (Å²) in [4.78, 5) is 7.60. The van der Waals surface area contributed by atoms with Gasteiger partial charge < -0.3 is 14.7 Å². The molecule has 0 unspecified atom stereocenters. The molecule has 0 aromatic heterocycles. The summed E-state index contributed by atoms with van der Waals surface area (Å²) in [5.41, 5.74) is 2.40. The zero-order chi connectivity index (χ0) is 20.6. The Kier molecular flexibility index (Phi) is 8.00. The normalized spacial score (nSPS) is 17.3. The molecule has 0 radical (unpaired) electrons. The van der Waals surface area contributed by atoms with Crippen LogP contribution in [0.5, 0.6) is 0 Å². The summed E-state index contributed by atoms with van der Waals surface area (Å²) in [7, 11) is 0. The van der Waals surface area contributed by atoms with Crippen molar-refractivity contribution < 1.29 is 19.1 Å². The highest BCUT2D eigenvalue weighted by Gasteiger charge is 2.26. The van der Waals surface area contributed by atoms with E-state index in [2.05, 4.69) is 5.16 Å². The Labute approximate surface area is 175 Å². The van der Waals surface area contributed by atoms with E-state index in [1.807, 2.05) is 36.1 Å². The third-order valence-corrected chi connectivity index (χ3v) is 4.96. The molecule has 1 heterocycles. The van der Waals surface area contributed by atoms with Crippen LogP contribution < -0.4 is 0 Å². The average molecular weight is 421 g/mol. The number of oxime groups is 1. The molecule has 5 nitrogen and oxygen atoms in total. The van der Waals surface area contributed by atoms with Crippen molar-refractivity contribution in [3.05, 3.63) is 70.5 Å². The number of aliphatic hydroxyl groups excluding tert-OH is 1. The largest absolute Gasteiger partial charge is 0.390 e. The third kappa shape index (κ3) is 6.51. The van der Waals surface area contributed by atoms with E-state index in [4.69, 9.17) is 21.2 Å². The molecule has 0 fully saturated rings. The Bertz CT molecular complexity index is 816. The predicted molar refractivity (Wildman–Crippen MR) is 112 cm³/mol. The van der Waals surface area contributed by atoms with E-state index in [-0.39, 0.29) is 18.5 Å². The van der Waals surface area contributed by atoms with Crippen molar-refractivity contribution in [2.75, 3.05) is 26.3 Å². The standard InChI is InChI=1S/C22H26ClFN2O3/c1-2-28-15-19(27)13-26(12-17-5-3-4-6-21(17)24)14-20-11-22(25-29-20)16-7-9-18(23)10-8-16/h3-10,19-20,27H,2,11-15H2,1H3/t19-,20+/m1/s1. The molecule has 1 aliphatic heterocycles. The van der Waals surface area contributed by atoms with Gasteiger partial charge in [-0.25, -0.2) is 4.39 Å². The number of halogens is 2. The van der Waals surface area contributed by atoms with Crippen molar-refractivity contribution in [2.45, 2.75) is 32.1 Å². The van der Waals surface area contributed by atoms with Gasteiger partial charge in [-0.1, -0.05) is 47.1 Å². The molecule has 156 valence electrons. The number of ether oxygens (including phenoxy) is 1. The zero-order valence-electron chi connectivity index (χ0n) is 16.4. The Hall–Kier alpha value is -1.99. The zero-order valence-corrected chi connectivity index (χ0v) is 17.2. The second-order valence-corrected chi connectivity index (χ2v) is 7.51. The molecule has 7 heteroatoms. The van der Waals surface area contributed by atoms with Crippen molar-refractivity contribution in [1.29, 1.82) is 0 Å². The smallest absolute Gasteiger partial charge is 0.145 e. The molecular weight excluding hydrogens is 395 g/mol. The van der Waals surface area contributed by atoms with Crippen LogP contribution in [0, 0.1) is 5.82 Å². The molecule has 0 amide bonds. The van der Waals surface area contributed by atoms with E-state index in [9.17, 15) is 9.50 Å². The van der Waals surface area contributed by atoms with Gasteiger partial charge in [0.1, 0.15) is 11.9 Å². The molecule has 0 saturated carbocycles. The highest BCUT2D eigenvalue weighted by molar-refractivity contribution is 6.30. The van der Waals surface area contributed by atoms with Gasteiger partial charge in [-0.3, -0.25) is 4.90 Å². The first-order valence-corrected chi connectivity index (χ1v) is 10.1. The quantitative estimate of drug-likeness (QED) is 0.634. The Morgan fingerprint density at radius 2 is 2.03 bits per heavy atom. The van der Waals surface area contributed by atoms with Crippen molar-refractivity contribution in [1.82, 2.24) is 4.90 Å². The van der Waals surface area contributed by atoms with E-state index in [1.54, 1.807) is 18.2 Å². The van der Waals surface area contributed by atoms with Crippen LogP contribution in [-0.4, -0.2) is 54.2 Å². The lowest BCUT2D eigenvalue weighted by Crippen LogP contribution is -2.39. The summed E-state index contributed by atoms with van der Waals surface area (Å²) in [6, 6.07) is 14.1. The number of hydrogen-bond acceptors (Lipinski definition) is 5. The summed E-state index contributed by atoms with van der Waals surface area (Å²) in [5.74, 6) is -0.262. The van der Waals surface area contributed by atoms with E-state index in [1.165, 1.54) is 6.07 Å². The first kappa shape index (κ1) is 21.7. The maximum absolute atomic E-state index is 14.1. The van der Waals surface area contributed by atoms with Crippen LogP contribution in [0.1, 0.15) is 24.5 Å². The molecule has 0 bridgehead atoms. The summed E-state index contributed by atoms with van der Waals surface area (Å²) >= 11 is 5.95. The maximum Gasteiger partial charge on any atom is 0.145 e. The topological polar surface area (TPSA) is 54.3 Å². The molecule has 29 heavy (non-hydrogen) atoms. The molecule has 2 aromatic carbocycles. The fourth-order valence-corrected chi connectivity index (χ4v) is 3.43. The molecule has 1 N–H and O–H groups in total. The summed E-state index contributed by atoms with van der Waals surface area (Å²) < 4.78 is 19.5. The van der Waals surface area contributed by atoms with Crippen LogP contribution in [-0.2, 0) is 16.1 Å². The van der Waals surface area contributed by atoms with Gasteiger partial charge in [-0.05, 0) is 30.7 Å². The number of hydrogen-bond donors (Lipinski definition) is 1.